The Hall–Kier alpha value is -2.04. The monoisotopic (exact) mass is 234 g/mol. The molecule has 92 valence electrons. The van der Waals surface area contributed by atoms with Crippen molar-refractivity contribution in [3.8, 4) is 0 Å². The fourth-order valence-corrected chi connectivity index (χ4v) is 1.07. The van der Waals surface area contributed by atoms with E-state index in [4.69, 9.17) is 11.5 Å². The lowest BCUT2D eigenvalue weighted by Crippen LogP contribution is -2.35. The molecular formula is C12H18N4O. The predicted molar refractivity (Wildman–Crippen MR) is 69.5 cm³/mol. The molecule has 5 heteroatoms. The average Bonchev–Trinajstić information content (AvgIpc) is 2.28. The van der Waals surface area contributed by atoms with Gasteiger partial charge in [0.15, 0.2) is 5.96 Å². The first-order valence-corrected chi connectivity index (χ1v) is 5.34. The van der Waals surface area contributed by atoms with E-state index in [-0.39, 0.29) is 12.5 Å². The van der Waals surface area contributed by atoms with Gasteiger partial charge in [-0.2, -0.15) is 0 Å². The van der Waals surface area contributed by atoms with Crippen LogP contribution in [0, 0.1) is 5.41 Å². The Balaban J connectivity index is 2.59. The van der Waals surface area contributed by atoms with Gasteiger partial charge in [0.05, 0.1) is 12.0 Å². The quantitative estimate of drug-likeness (QED) is 0.534. The number of carbonyl (C=O) groups is 1. The van der Waals surface area contributed by atoms with Crippen molar-refractivity contribution in [2.75, 3.05) is 11.9 Å². The fourth-order valence-electron chi connectivity index (χ4n) is 1.07. The number of amides is 1. The molecule has 0 heterocycles. The summed E-state index contributed by atoms with van der Waals surface area (Å²) in [4.78, 5) is 15.2. The Kier molecular flexibility index (Phi) is 4.09. The molecule has 0 aliphatic rings. The van der Waals surface area contributed by atoms with E-state index in [1.807, 2.05) is 30.3 Å². The summed E-state index contributed by atoms with van der Waals surface area (Å²) in [6, 6.07) is 9.45. The predicted octanol–water partition coefficient (Wildman–Crippen LogP) is 0.925. The minimum atomic E-state index is -0.691. The van der Waals surface area contributed by atoms with Gasteiger partial charge in [0.2, 0.25) is 5.91 Å². The summed E-state index contributed by atoms with van der Waals surface area (Å²) >= 11 is 0. The molecule has 0 spiro atoms. The zero-order valence-corrected chi connectivity index (χ0v) is 10.1. The standard InChI is InChI=1S/C12H18N4O/c1-12(2,10(13)17)8-15-11(14)16-9-6-4-3-5-7-9/h3-7H,8H2,1-2H3,(H2,13,17)(H3,14,15,16). The molecule has 1 aromatic rings. The zero-order valence-electron chi connectivity index (χ0n) is 10.1. The topological polar surface area (TPSA) is 93.5 Å². The molecule has 1 aromatic carbocycles. The molecule has 0 saturated heterocycles. The van der Waals surface area contributed by atoms with Crippen molar-refractivity contribution >= 4 is 17.6 Å². The third-order valence-electron chi connectivity index (χ3n) is 2.36. The van der Waals surface area contributed by atoms with E-state index in [9.17, 15) is 4.79 Å². The number of rotatable bonds is 4. The van der Waals surface area contributed by atoms with E-state index in [1.54, 1.807) is 13.8 Å². The number of hydrogen-bond acceptors (Lipinski definition) is 2. The van der Waals surface area contributed by atoms with Crippen LogP contribution in [0.15, 0.2) is 35.3 Å². The number of hydrogen-bond donors (Lipinski definition) is 3. The summed E-state index contributed by atoms with van der Waals surface area (Å²) in [5, 5.41) is 2.93. The minimum absolute atomic E-state index is 0.258. The molecule has 0 radical (unpaired) electrons. The van der Waals surface area contributed by atoms with E-state index in [0.29, 0.717) is 0 Å². The number of primary amides is 1. The van der Waals surface area contributed by atoms with Crippen LogP contribution in [0.3, 0.4) is 0 Å². The van der Waals surface area contributed by atoms with Gasteiger partial charge in [0, 0.05) is 5.69 Å². The number of benzene rings is 1. The van der Waals surface area contributed by atoms with Gasteiger partial charge in [-0.05, 0) is 26.0 Å². The van der Waals surface area contributed by atoms with E-state index < -0.39 is 11.3 Å². The van der Waals surface area contributed by atoms with Crippen molar-refractivity contribution < 1.29 is 4.79 Å². The maximum atomic E-state index is 11.1. The van der Waals surface area contributed by atoms with Crippen LogP contribution < -0.4 is 16.8 Å². The van der Waals surface area contributed by atoms with Crippen LogP contribution in [0.1, 0.15) is 13.8 Å². The molecule has 5 nitrogen and oxygen atoms in total. The van der Waals surface area contributed by atoms with Gasteiger partial charge in [0.1, 0.15) is 0 Å². The van der Waals surface area contributed by atoms with Gasteiger partial charge in [-0.25, -0.2) is 0 Å². The van der Waals surface area contributed by atoms with E-state index in [2.05, 4.69) is 10.3 Å². The largest absolute Gasteiger partial charge is 0.370 e. The minimum Gasteiger partial charge on any atom is -0.370 e. The third kappa shape index (κ3) is 4.14. The van der Waals surface area contributed by atoms with Crippen LogP contribution in [0.5, 0.6) is 0 Å². The molecule has 0 aliphatic carbocycles. The second kappa shape index (κ2) is 5.34. The van der Waals surface area contributed by atoms with Crippen molar-refractivity contribution in [1.82, 2.24) is 0 Å². The smallest absolute Gasteiger partial charge is 0.224 e. The molecule has 5 N–H and O–H groups in total. The number of aliphatic imine (C=N–C) groups is 1. The van der Waals surface area contributed by atoms with Crippen LogP contribution in [-0.2, 0) is 4.79 Å². The first-order chi connectivity index (χ1) is 7.92. The Morgan fingerprint density at radius 2 is 1.88 bits per heavy atom. The van der Waals surface area contributed by atoms with Crippen LogP contribution in [0.2, 0.25) is 0 Å². The van der Waals surface area contributed by atoms with Crippen molar-refractivity contribution in [3.05, 3.63) is 30.3 Å². The van der Waals surface area contributed by atoms with Crippen molar-refractivity contribution in [2.24, 2.45) is 21.9 Å². The molecule has 0 aromatic heterocycles. The van der Waals surface area contributed by atoms with Crippen molar-refractivity contribution in [1.29, 1.82) is 0 Å². The summed E-state index contributed by atoms with van der Waals surface area (Å²) in [6.07, 6.45) is 0. The van der Waals surface area contributed by atoms with Crippen LogP contribution in [-0.4, -0.2) is 18.4 Å². The summed E-state index contributed by atoms with van der Waals surface area (Å²) in [5.74, 6) is -0.126. The van der Waals surface area contributed by atoms with Gasteiger partial charge in [0.25, 0.3) is 0 Å². The van der Waals surface area contributed by atoms with Crippen LogP contribution >= 0.6 is 0 Å². The molecule has 0 fully saturated rings. The lowest BCUT2D eigenvalue weighted by Gasteiger charge is -2.17. The van der Waals surface area contributed by atoms with Crippen LogP contribution in [0.25, 0.3) is 0 Å². The van der Waals surface area contributed by atoms with E-state index in [1.165, 1.54) is 0 Å². The highest BCUT2D eigenvalue weighted by molar-refractivity contribution is 5.92. The second-order valence-electron chi connectivity index (χ2n) is 4.44. The number of nitrogens with zero attached hydrogens (tertiary/aromatic N) is 1. The number of anilines is 1. The van der Waals surface area contributed by atoms with Gasteiger partial charge >= 0.3 is 0 Å². The highest BCUT2D eigenvalue weighted by atomic mass is 16.1. The second-order valence-corrected chi connectivity index (χ2v) is 4.44. The van der Waals surface area contributed by atoms with Crippen molar-refractivity contribution in [2.45, 2.75) is 13.8 Å². The molecule has 1 rings (SSSR count). The van der Waals surface area contributed by atoms with Gasteiger partial charge in [-0.15, -0.1) is 0 Å². The normalized spacial score (nSPS) is 12.2. The molecule has 0 unspecified atom stereocenters. The van der Waals surface area contributed by atoms with Gasteiger partial charge in [-0.1, -0.05) is 18.2 Å². The number of nitrogens with two attached hydrogens (primary N) is 2. The number of carbonyl (C=O) groups excluding carboxylic acids is 1. The number of guanidine groups is 1. The molecule has 0 atom stereocenters. The fraction of sp³-hybridized carbons (Fsp3) is 0.333. The van der Waals surface area contributed by atoms with Gasteiger partial charge in [-0.3, -0.25) is 9.79 Å². The first-order valence-electron chi connectivity index (χ1n) is 5.34. The average molecular weight is 234 g/mol. The molecule has 17 heavy (non-hydrogen) atoms. The Labute approximate surface area is 101 Å². The zero-order chi connectivity index (χ0) is 12.9. The number of nitrogens with one attached hydrogen (secondary N) is 1. The van der Waals surface area contributed by atoms with E-state index >= 15 is 0 Å². The van der Waals surface area contributed by atoms with Crippen molar-refractivity contribution in [3.63, 3.8) is 0 Å². The Morgan fingerprint density at radius 1 is 1.29 bits per heavy atom. The van der Waals surface area contributed by atoms with Gasteiger partial charge < -0.3 is 16.8 Å². The summed E-state index contributed by atoms with van der Waals surface area (Å²) in [7, 11) is 0. The maximum absolute atomic E-state index is 11.1. The maximum Gasteiger partial charge on any atom is 0.224 e. The summed E-state index contributed by atoms with van der Waals surface area (Å²) in [5.41, 5.74) is 11.1. The first kappa shape index (κ1) is 13.0. The van der Waals surface area contributed by atoms with E-state index in [0.717, 1.165) is 5.69 Å². The molecular weight excluding hydrogens is 216 g/mol. The highest BCUT2D eigenvalue weighted by Gasteiger charge is 2.24. The highest BCUT2D eigenvalue weighted by Crippen LogP contribution is 2.14. The molecule has 0 saturated carbocycles. The number of para-hydroxylation sites is 1. The third-order valence-corrected chi connectivity index (χ3v) is 2.36. The SMILES string of the molecule is CC(C)(CN=C(N)Nc1ccccc1)C(N)=O. The summed E-state index contributed by atoms with van der Waals surface area (Å²) in [6.45, 7) is 3.72. The Bertz CT molecular complexity index is 412. The lowest BCUT2D eigenvalue weighted by atomic mass is 9.93. The summed E-state index contributed by atoms with van der Waals surface area (Å²) < 4.78 is 0. The molecule has 0 aliphatic heterocycles. The van der Waals surface area contributed by atoms with Crippen LogP contribution in [0.4, 0.5) is 5.69 Å². The Morgan fingerprint density at radius 3 is 2.41 bits per heavy atom. The lowest BCUT2D eigenvalue weighted by molar-refractivity contribution is -0.125. The molecule has 0 bridgehead atoms. The molecule has 1 amide bonds.